The summed E-state index contributed by atoms with van der Waals surface area (Å²) in [6.07, 6.45) is 61.8. The van der Waals surface area contributed by atoms with Gasteiger partial charge in [0, 0.05) is 6.42 Å². The Labute approximate surface area is 369 Å². The number of aliphatic hydroxyl groups is 3. The Kier molecular flexibility index (Phi) is 48.5. The molecule has 0 radical (unpaired) electrons. The lowest BCUT2D eigenvalue weighted by atomic mass is 9.99. The summed E-state index contributed by atoms with van der Waals surface area (Å²) < 4.78 is 0. The first-order valence-electron chi connectivity index (χ1n) is 26.6. The minimum absolute atomic E-state index is 0.141. The molecule has 0 aliphatic rings. The molecule has 0 saturated carbocycles. The van der Waals surface area contributed by atoms with Crippen LogP contribution in [0.4, 0.5) is 0 Å². The number of allylic oxidation sites excluding steroid dienone is 4. The Bertz CT molecular complexity index is 874. The van der Waals surface area contributed by atoms with Crippen molar-refractivity contribution >= 4 is 5.91 Å². The van der Waals surface area contributed by atoms with E-state index in [1.54, 1.807) is 0 Å². The first-order chi connectivity index (χ1) is 29.1. The molecule has 5 heteroatoms. The summed E-state index contributed by atoms with van der Waals surface area (Å²) in [5, 5.41) is 33.6. The van der Waals surface area contributed by atoms with E-state index in [-0.39, 0.29) is 12.5 Å². The van der Waals surface area contributed by atoms with Crippen LogP contribution < -0.4 is 5.32 Å². The molecule has 3 atom stereocenters. The zero-order valence-corrected chi connectivity index (χ0v) is 39.9. The molecule has 0 aromatic rings. The number of amides is 1. The maximum absolute atomic E-state index is 12.5. The molecular formula is C54H105NO4. The number of carbonyl (C=O) groups excluding carboxylic acids is 1. The second-order valence-electron chi connectivity index (χ2n) is 18.4. The van der Waals surface area contributed by atoms with Crippen LogP contribution in [0.5, 0.6) is 0 Å². The van der Waals surface area contributed by atoms with E-state index in [0.29, 0.717) is 12.8 Å². The van der Waals surface area contributed by atoms with Crippen LogP contribution in [0.15, 0.2) is 24.3 Å². The summed E-state index contributed by atoms with van der Waals surface area (Å²) in [6, 6.07) is -0.807. The fourth-order valence-corrected chi connectivity index (χ4v) is 8.43. The van der Waals surface area contributed by atoms with E-state index in [4.69, 9.17) is 0 Å². The van der Waals surface area contributed by atoms with Gasteiger partial charge in [0.2, 0.25) is 5.91 Å². The van der Waals surface area contributed by atoms with Crippen molar-refractivity contribution in [1.29, 1.82) is 0 Å². The fourth-order valence-electron chi connectivity index (χ4n) is 8.43. The molecule has 0 aliphatic heterocycles. The van der Waals surface area contributed by atoms with Gasteiger partial charge in [-0.2, -0.15) is 0 Å². The predicted molar refractivity (Wildman–Crippen MR) is 259 cm³/mol. The molecule has 0 bridgehead atoms. The number of unbranched alkanes of at least 4 members (excludes halogenated alkanes) is 37. The molecule has 350 valence electrons. The van der Waals surface area contributed by atoms with Crippen LogP contribution in [-0.4, -0.2) is 46.1 Å². The quantitative estimate of drug-likeness (QED) is 0.0363. The van der Waals surface area contributed by atoms with Crippen molar-refractivity contribution in [3.63, 3.8) is 0 Å². The highest BCUT2D eigenvalue weighted by molar-refractivity contribution is 5.76. The second kappa shape index (κ2) is 49.5. The summed E-state index contributed by atoms with van der Waals surface area (Å²) in [5.74, 6) is -0.141. The molecule has 59 heavy (non-hydrogen) atoms. The van der Waals surface area contributed by atoms with Gasteiger partial charge in [0.15, 0.2) is 0 Å². The Morgan fingerprint density at radius 3 is 1.07 bits per heavy atom. The van der Waals surface area contributed by atoms with Crippen LogP contribution in [0, 0.1) is 0 Å². The van der Waals surface area contributed by atoms with Crippen LogP contribution in [0.2, 0.25) is 0 Å². The van der Waals surface area contributed by atoms with Gasteiger partial charge in [-0.05, 0) is 44.9 Å². The average Bonchev–Trinajstić information content (AvgIpc) is 3.24. The number of carbonyl (C=O) groups is 1. The lowest BCUT2D eigenvalue weighted by molar-refractivity contribution is -0.124. The fraction of sp³-hybridized carbons (Fsp3) is 0.907. The molecule has 3 unspecified atom stereocenters. The minimum atomic E-state index is -1.13. The molecule has 0 rings (SSSR count). The van der Waals surface area contributed by atoms with Crippen LogP contribution in [-0.2, 0) is 4.79 Å². The normalized spacial score (nSPS) is 13.5. The maximum Gasteiger partial charge on any atom is 0.220 e. The van der Waals surface area contributed by atoms with Gasteiger partial charge < -0.3 is 20.6 Å². The van der Waals surface area contributed by atoms with Crippen molar-refractivity contribution in [3.8, 4) is 0 Å². The predicted octanol–water partition coefficient (Wildman–Crippen LogP) is 16.1. The summed E-state index contributed by atoms with van der Waals surface area (Å²) in [4.78, 5) is 12.5. The van der Waals surface area contributed by atoms with Crippen molar-refractivity contribution < 1.29 is 20.1 Å². The standard InChI is InChI=1S/C54H105NO4/c1-3-5-7-9-11-13-15-17-19-20-21-22-23-24-25-26-27-28-29-30-31-32-33-34-35-37-39-41-43-45-47-49-53(58)55-51(50-56)54(59)52(57)48-46-44-42-40-38-36-18-16-14-12-10-8-6-4-2/h21-22,24-25,51-52,54,56-57,59H,3-20,23,26-50H2,1-2H3,(H,55,58)/b22-21-,25-24-. The molecule has 4 N–H and O–H groups in total. The van der Waals surface area contributed by atoms with Crippen LogP contribution >= 0.6 is 0 Å². The Morgan fingerprint density at radius 2 is 0.729 bits per heavy atom. The lowest BCUT2D eigenvalue weighted by Gasteiger charge is -2.26. The minimum Gasteiger partial charge on any atom is -0.394 e. The van der Waals surface area contributed by atoms with E-state index in [2.05, 4.69) is 43.5 Å². The summed E-state index contributed by atoms with van der Waals surface area (Å²) in [7, 11) is 0. The second-order valence-corrected chi connectivity index (χ2v) is 18.4. The van der Waals surface area contributed by atoms with Crippen LogP contribution in [0.1, 0.15) is 290 Å². The zero-order chi connectivity index (χ0) is 43.0. The van der Waals surface area contributed by atoms with E-state index >= 15 is 0 Å². The van der Waals surface area contributed by atoms with Crippen LogP contribution in [0.25, 0.3) is 0 Å². The van der Waals surface area contributed by atoms with Crippen molar-refractivity contribution in [2.24, 2.45) is 0 Å². The van der Waals surface area contributed by atoms with Crippen molar-refractivity contribution in [3.05, 3.63) is 24.3 Å². The van der Waals surface area contributed by atoms with E-state index in [0.717, 1.165) is 44.9 Å². The summed E-state index contributed by atoms with van der Waals surface area (Å²) in [6.45, 7) is 4.20. The number of hydrogen-bond donors (Lipinski definition) is 4. The third-order valence-electron chi connectivity index (χ3n) is 12.6. The Morgan fingerprint density at radius 1 is 0.424 bits per heavy atom. The van der Waals surface area contributed by atoms with Crippen LogP contribution in [0.3, 0.4) is 0 Å². The zero-order valence-electron chi connectivity index (χ0n) is 39.9. The Hall–Kier alpha value is -1.17. The van der Waals surface area contributed by atoms with Gasteiger partial charge >= 0.3 is 0 Å². The van der Waals surface area contributed by atoms with Gasteiger partial charge in [0.1, 0.15) is 6.10 Å². The van der Waals surface area contributed by atoms with E-state index in [1.165, 1.54) is 218 Å². The average molecular weight is 832 g/mol. The van der Waals surface area contributed by atoms with Gasteiger partial charge in [-0.1, -0.05) is 263 Å². The van der Waals surface area contributed by atoms with Gasteiger partial charge in [0.25, 0.3) is 0 Å². The number of rotatable bonds is 49. The summed E-state index contributed by atoms with van der Waals surface area (Å²) in [5.41, 5.74) is 0. The summed E-state index contributed by atoms with van der Waals surface area (Å²) >= 11 is 0. The third kappa shape index (κ3) is 44.7. The molecule has 0 fully saturated rings. The van der Waals surface area contributed by atoms with E-state index in [1.807, 2.05) is 0 Å². The molecule has 0 saturated heterocycles. The highest BCUT2D eigenvalue weighted by atomic mass is 16.3. The van der Waals surface area contributed by atoms with Crippen molar-refractivity contribution in [2.45, 2.75) is 308 Å². The SMILES string of the molecule is CCCCCCCCCCC/C=C\C/C=C\CCCCCCCCCCCCCCCCCC(=O)NC(CO)C(O)C(O)CCCCCCCCCCCCCCCC. The van der Waals surface area contributed by atoms with E-state index in [9.17, 15) is 20.1 Å². The van der Waals surface area contributed by atoms with Gasteiger partial charge in [-0.25, -0.2) is 0 Å². The molecule has 0 aromatic carbocycles. The molecule has 0 spiro atoms. The smallest absolute Gasteiger partial charge is 0.220 e. The Balaban J connectivity index is 3.51. The highest BCUT2D eigenvalue weighted by Gasteiger charge is 2.26. The largest absolute Gasteiger partial charge is 0.394 e. The number of hydrogen-bond acceptors (Lipinski definition) is 4. The van der Waals surface area contributed by atoms with Crippen molar-refractivity contribution in [2.75, 3.05) is 6.61 Å². The molecule has 0 heterocycles. The first-order valence-corrected chi connectivity index (χ1v) is 26.6. The number of aliphatic hydroxyl groups excluding tert-OH is 3. The van der Waals surface area contributed by atoms with E-state index < -0.39 is 18.2 Å². The molecule has 0 aromatic heterocycles. The van der Waals surface area contributed by atoms with Gasteiger partial charge in [0.05, 0.1) is 18.8 Å². The molecular weight excluding hydrogens is 727 g/mol. The van der Waals surface area contributed by atoms with Gasteiger partial charge in [-0.3, -0.25) is 4.79 Å². The monoisotopic (exact) mass is 832 g/mol. The third-order valence-corrected chi connectivity index (χ3v) is 12.6. The highest BCUT2D eigenvalue weighted by Crippen LogP contribution is 2.17. The topological polar surface area (TPSA) is 89.8 Å². The van der Waals surface area contributed by atoms with Crippen molar-refractivity contribution in [1.82, 2.24) is 5.32 Å². The molecule has 0 aliphatic carbocycles. The maximum atomic E-state index is 12.5. The van der Waals surface area contributed by atoms with Gasteiger partial charge in [-0.15, -0.1) is 0 Å². The first kappa shape index (κ1) is 57.8. The molecule has 5 nitrogen and oxygen atoms in total. The molecule has 1 amide bonds. The lowest BCUT2D eigenvalue weighted by Crippen LogP contribution is -2.50. The number of nitrogens with one attached hydrogen (secondary N) is 1.